The summed E-state index contributed by atoms with van der Waals surface area (Å²) in [6.07, 6.45) is 4.53. The largest absolute Gasteiger partial charge is 0.497 e. The van der Waals surface area contributed by atoms with Crippen molar-refractivity contribution in [1.29, 1.82) is 0 Å². The van der Waals surface area contributed by atoms with Gasteiger partial charge in [-0.25, -0.2) is 0 Å². The number of methoxy groups -OCH3 is 1. The minimum absolute atomic E-state index is 0.809. The van der Waals surface area contributed by atoms with Gasteiger partial charge in [-0.1, -0.05) is 140 Å². The Hall–Kier alpha value is -6.50. The minimum Gasteiger partial charge on any atom is -0.497 e. The molecule has 276 valence electrons. The molecule has 7 aromatic carbocycles. The molecule has 0 saturated carbocycles. The second kappa shape index (κ2) is 16.1. The van der Waals surface area contributed by atoms with Crippen LogP contribution in [0.25, 0.3) is 11.1 Å². The van der Waals surface area contributed by atoms with Crippen molar-refractivity contribution in [2.75, 3.05) is 44.3 Å². The van der Waals surface area contributed by atoms with Crippen LogP contribution in [-0.4, -0.2) is 64.2 Å². The number of nitrogens with zero attached hydrogens (tertiary/aromatic N) is 4. The molecule has 56 heavy (non-hydrogen) atoms. The fraction of sp³-hybridized carbons (Fsp3) is 0.120. The predicted octanol–water partition coefficient (Wildman–Crippen LogP) is 8.49. The second-order valence-corrected chi connectivity index (χ2v) is 18.6. The molecule has 0 bridgehead atoms. The second-order valence-electron chi connectivity index (χ2n) is 14.6. The third kappa shape index (κ3) is 7.19. The summed E-state index contributed by atoms with van der Waals surface area (Å²) in [4.78, 5) is 4.72. The Bertz CT molecular complexity index is 2450. The van der Waals surface area contributed by atoms with Crippen molar-refractivity contribution in [2.24, 2.45) is 0 Å². The van der Waals surface area contributed by atoms with Gasteiger partial charge in [0, 0.05) is 43.9 Å². The van der Waals surface area contributed by atoms with Crippen LogP contribution in [0.5, 0.6) is 5.75 Å². The number of hydrogen-bond donors (Lipinski definition) is 0. The lowest BCUT2D eigenvalue weighted by molar-refractivity contribution is -0.435. The van der Waals surface area contributed by atoms with E-state index in [0.29, 0.717) is 0 Å². The molecule has 0 atom stereocenters. The lowest BCUT2D eigenvalue weighted by atomic mass is 9.99. The molecule has 0 aliphatic carbocycles. The first-order chi connectivity index (χ1) is 27.4. The standard InChI is InChI=1S/C28H27N2Si.C22H21N2O/c1-29-22-30(24-14-6-3-7-15-24)21-23-13-12-20-27(28(23)29)31(2,25-16-8-4-9-17-25)26-18-10-5-11-19-26;1-23-16-24(19-11-13-20(25-2)14-12-19)15-18-9-6-10-21(22(18)23)17-7-4-3-5-8-17/h3-21H,22H2,1-2H3;3-15H,16H2,1-2H3/q2*+1. The van der Waals surface area contributed by atoms with Crippen molar-refractivity contribution in [3.63, 3.8) is 0 Å². The molecule has 7 aromatic rings. The van der Waals surface area contributed by atoms with Gasteiger partial charge in [0.25, 0.3) is 0 Å². The maximum absolute atomic E-state index is 5.26. The van der Waals surface area contributed by atoms with Gasteiger partial charge in [0.1, 0.15) is 13.8 Å². The Morgan fingerprint density at radius 1 is 0.482 bits per heavy atom. The Labute approximate surface area is 332 Å². The van der Waals surface area contributed by atoms with E-state index < -0.39 is 8.07 Å². The van der Waals surface area contributed by atoms with E-state index in [4.69, 9.17) is 4.74 Å². The van der Waals surface area contributed by atoms with E-state index in [-0.39, 0.29) is 0 Å². The molecular formula is C50H48N4OSi+2. The lowest BCUT2D eigenvalue weighted by Gasteiger charge is -2.35. The summed E-state index contributed by atoms with van der Waals surface area (Å²) in [7, 11) is 3.88. The molecule has 0 amide bonds. The van der Waals surface area contributed by atoms with Crippen LogP contribution in [0.15, 0.2) is 182 Å². The van der Waals surface area contributed by atoms with Gasteiger partial charge in [-0.15, -0.1) is 0 Å². The van der Waals surface area contributed by atoms with E-state index in [1.54, 1.807) is 7.11 Å². The summed E-state index contributed by atoms with van der Waals surface area (Å²) in [6, 6.07) is 64.8. The van der Waals surface area contributed by atoms with Gasteiger partial charge in [-0.2, -0.15) is 9.15 Å². The molecule has 2 aliphatic heterocycles. The highest BCUT2D eigenvalue weighted by Crippen LogP contribution is 2.35. The number of fused-ring (bicyclic) bond motifs is 2. The molecule has 0 N–H and O–H groups in total. The fourth-order valence-electron chi connectivity index (χ4n) is 8.18. The van der Waals surface area contributed by atoms with E-state index in [1.807, 2.05) is 12.1 Å². The normalized spacial score (nSPS) is 13.4. The molecule has 2 heterocycles. The van der Waals surface area contributed by atoms with Gasteiger partial charge in [-0.3, -0.25) is 0 Å². The zero-order valence-electron chi connectivity index (χ0n) is 32.6. The summed E-state index contributed by atoms with van der Waals surface area (Å²) in [5.74, 6) is 0.876. The SMILES string of the molecule is CN1C[N+](c2ccccc2)=Cc2cccc([Si](C)(c3ccccc3)c3ccccc3)c21.COc1ccc([N+]2=Cc3cccc(-c4ccccc4)c3N(C)C2)cc1. The van der Waals surface area contributed by atoms with Gasteiger partial charge >= 0.3 is 0 Å². The van der Waals surface area contributed by atoms with Gasteiger partial charge < -0.3 is 14.5 Å². The molecule has 0 fully saturated rings. The number of para-hydroxylation sites is 3. The monoisotopic (exact) mass is 748 g/mol. The van der Waals surface area contributed by atoms with E-state index in [0.717, 1.165) is 24.8 Å². The highest BCUT2D eigenvalue weighted by atomic mass is 28.3. The summed E-state index contributed by atoms with van der Waals surface area (Å²) >= 11 is 0. The van der Waals surface area contributed by atoms with Crippen LogP contribution in [0, 0.1) is 0 Å². The number of ether oxygens (including phenoxy) is 1. The molecule has 0 spiro atoms. The Kier molecular flexibility index (Phi) is 10.5. The summed E-state index contributed by atoms with van der Waals surface area (Å²) < 4.78 is 9.85. The first-order valence-electron chi connectivity index (χ1n) is 19.2. The van der Waals surface area contributed by atoms with Crippen molar-refractivity contribution in [2.45, 2.75) is 6.55 Å². The van der Waals surface area contributed by atoms with Crippen LogP contribution in [0.2, 0.25) is 6.55 Å². The number of hydrogen-bond acceptors (Lipinski definition) is 3. The first-order valence-corrected chi connectivity index (χ1v) is 21.7. The van der Waals surface area contributed by atoms with Gasteiger partial charge in [0.2, 0.25) is 24.7 Å². The first kappa shape index (κ1) is 36.5. The lowest BCUT2D eigenvalue weighted by Crippen LogP contribution is -2.66. The van der Waals surface area contributed by atoms with Crippen molar-refractivity contribution in [3.8, 4) is 16.9 Å². The molecule has 9 rings (SSSR count). The zero-order chi connectivity index (χ0) is 38.5. The van der Waals surface area contributed by atoms with Crippen LogP contribution >= 0.6 is 0 Å². The highest BCUT2D eigenvalue weighted by molar-refractivity contribution is 7.11. The zero-order valence-corrected chi connectivity index (χ0v) is 33.6. The Morgan fingerprint density at radius 2 is 0.946 bits per heavy atom. The quantitative estimate of drug-likeness (QED) is 0.0928. The minimum atomic E-state index is -2.18. The van der Waals surface area contributed by atoms with Crippen LogP contribution in [0.1, 0.15) is 11.1 Å². The van der Waals surface area contributed by atoms with E-state index >= 15 is 0 Å². The average molecular weight is 749 g/mol. The smallest absolute Gasteiger partial charge is 0.224 e. The predicted molar refractivity (Wildman–Crippen MR) is 238 cm³/mol. The van der Waals surface area contributed by atoms with Crippen LogP contribution in [-0.2, 0) is 0 Å². The molecule has 0 radical (unpaired) electrons. The summed E-state index contributed by atoms with van der Waals surface area (Å²) in [5, 5.41) is 4.34. The third-order valence-electron chi connectivity index (χ3n) is 11.0. The molecule has 0 saturated heterocycles. The Morgan fingerprint density at radius 3 is 1.50 bits per heavy atom. The molecular weight excluding hydrogens is 701 g/mol. The number of anilines is 2. The van der Waals surface area contributed by atoms with Crippen LogP contribution in [0.4, 0.5) is 22.7 Å². The molecule has 5 nitrogen and oxygen atoms in total. The topological polar surface area (TPSA) is 21.7 Å². The van der Waals surface area contributed by atoms with Crippen molar-refractivity contribution < 1.29 is 13.9 Å². The van der Waals surface area contributed by atoms with Crippen molar-refractivity contribution in [3.05, 3.63) is 193 Å². The number of rotatable bonds is 7. The fourth-order valence-corrected chi connectivity index (χ4v) is 12.1. The third-order valence-corrected chi connectivity index (χ3v) is 15.5. The van der Waals surface area contributed by atoms with Crippen molar-refractivity contribution in [1.82, 2.24) is 0 Å². The highest BCUT2D eigenvalue weighted by Gasteiger charge is 2.39. The van der Waals surface area contributed by atoms with Crippen LogP contribution < -0.4 is 30.1 Å². The molecule has 0 aromatic heterocycles. The molecule has 0 unspecified atom stereocenters. The maximum atomic E-state index is 5.26. The van der Waals surface area contributed by atoms with E-state index in [2.05, 4.69) is 222 Å². The summed E-state index contributed by atoms with van der Waals surface area (Å²) in [5.41, 5.74) is 10.0. The van der Waals surface area contributed by atoms with E-state index in [1.165, 1.54) is 54.9 Å². The van der Waals surface area contributed by atoms with Gasteiger partial charge in [0.05, 0.1) is 29.6 Å². The number of benzene rings is 7. The molecule has 2 aliphatic rings. The van der Waals surface area contributed by atoms with Gasteiger partial charge in [-0.05, 0) is 45.4 Å². The van der Waals surface area contributed by atoms with Gasteiger partial charge in [0.15, 0.2) is 12.4 Å². The average Bonchev–Trinajstić information content (AvgIpc) is 3.27. The molecule has 6 heteroatoms. The van der Waals surface area contributed by atoms with Crippen LogP contribution in [0.3, 0.4) is 0 Å². The van der Waals surface area contributed by atoms with Crippen molar-refractivity contribution >= 4 is 58.8 Å². The van der Waals surface area contributed by atoms with E-state index in [9.17, 15) is 0 Å². The summed E-state index contributed by atoms with van der Waals surface area (Å²) in [6.45, 7) is 4.13. The maximum Gasteiger partial charge on any atom is 0.224 e. The Balaban J connectivity index is 0.000000161.